The molecule has 0 radical (unpaired) electrons. The van der Waals surface area contributed by atoms with Crippen molar-refractivity contribution in [3.63, 3.8) is 0 Å². The van der Waals surface area contributed by atoms with Crippen LogP contribution in [-0.2, 0) is 10.0 Å². The van der Waals surface area contributed by atoms with E-state index in [0.717, 1.165) is 6.26 Å². The lowest BCUT2D eigenvalue weighted by atomic mass is 9.83. The summed E-state index contributed by atoms with van der Waals surface area (Å²) in [7, 11) is -3.09. The topological polar surface area (TPSA) is 83.6 Å². The molecule has 0 amide bonds. The lowest BCUT2D eigenvalue weighted by molar-refractivity contribution is 0.0172. The van der Waals surface area contributed by atoms with Gasteiger partial charge in [-0.05, 0) is 0 Å². The average molecular weight is 231 g/mol. The van der Waals surface area contributed by atoms with Crippen molar-refractivity contribution >= 4 is 22.4 Å². The van der Waals surface area contributed by atoms with Crippen molar-refractivity contribution in [2.75, 3.05) is 32.5 Å². The molecule has 1 aliphatic rings. The molecule has 1 saturated heterocycles. The maximum atomic E-state index is 10.9. The Hall–Kier alpha value is 0.120. The minimum Gasteiger partial charge on any atom is -0.396 e. The SMILES string of the molecule is CS(=O)(=O)N1CC(CN)(CO)C1.Cl. The van der Waals surface area contributed by atoms with E-state index in [1.165, 1.54) is 4.31 Å². The fraction of sp³-hybridized carbons (Fsp3) is 1.00. The lowest BCUT2D eigenvalue weighted by Crippen LogP contribution is -2.62. The van der Waals surface area contributed by atoms with Crippen LogP contribution in [0.15, 0.2) is 0 Å². The van der Waals surface area contributed by atoms with Crippen LogP contribution in [-0.4, -0.2) is 50.3 Å². The molecule has 0 atom stereocenters. The van der Waals surface area contributed by atoms with Gasteiger partial charge in [0.15, 0.2) is 0 Å². The molecule has 0 spiro atoms. The average Bonchev–Trinajstić information content (AvgIpc) is 1.85. The summed E-state index contributed by atoms with van der Waals surface area (Å²) < 4.78 is 23.2. The summed E-state index contributed by atoms with van der Waals surface area (Å²) in [5, 5.41) is 8.92. The van der Waals surface area contributed by atoms with E-state index in [4.69, 9.17) is 10.8 Å². The lowest BCUT2D eigenvalue weighted by Gasteiger charge is -2.46. The molecule has 0 aromatic carbocycles. The van der Waals surface area contributed by atoms with Crippen LogP contribution in [0.4, 0.5) is 0 Å². The van der Waals surface area contributed by atoms with Crippen molar-refractivity contribution in [3.05, 3.63) is 0 Å². The summed E-state index contributed by atoms with van der Waals surface area (Å²) in [4.78, 5) is 0. The summed E-state index contributed by atoms with van der Waals surface area (Å²) in [6.07, 6.45) is 1.16. The van der Waals surface area contributed by atoms with Crippen molar-refractivity contribution < 1.29 is 13.5 Å². The molecular weight excluding hydrogens is 216 g/mol. The highest BCUT2D eigenvalue weighted by Crippen LogP contribution is 2.30. The maximum absolute atomic E-state index is 10.9. The number of aliphatic hydroxyl groups is 1. The second-order valence-corrected chi connectivity index (χ2v) is 5.38. The summed E-state index contributed by atoms with van der Waals surface area (Å²) in [5.41, 5.74) is 5.02. The largest absolute Gasteiger partial charge is 0.396 e. The van der Waals surface area contributed by atoms with E-state index in [2.05, 4.69) is 0 Å². The van der Waals surface area contributed by atoms with Gasteiger partial charge in [0, 0.05) is 25.0 Å². The van der Waals surface area contributed by atoms with E-state index in [-0.39, 0.29) is 24.4 Å². The van der Waals surface area contributed by atoms with Gasteiger partial charge in [0.2, 0.25) is 10.0 Å². The third-order valence-electron chi connectivity index (χ3n) is 2.26. The maximum Gasteiger partial charge on any atom is 0.211 e. The van der Waals surface area contributed by atoms with E-state index < -0.39 is 10.0 Å². The van der Waals surface area contributed by atoms with Crippen LogP contribution in [0, 0.1) is 5.41 Å². The second-order valence-electron chi connectivity index (χ2n) is 3.39. The molecule has 3 N–H and O–H groups in total. The molecule has 1 fully saturated rings. The first-order valence-electron chi connectivity index (χ1n) is 3.70. The number of rotatable bonds is 3. The van der Waals surface area contributed by atoms with Gasteiger partial charge in [-0.15, -0.1) is 12.4 Å². The highest BCUT2D eigenvalue weighted by molar-refractivity contribution is 7.88. The van der Waals surface area contributed by atoms with Gasteiger partial charge in [-0.3, -0.25) is 0 Å². The molecule has 0 aromatic heterocycles. The molecule has 0 aromatic rings. The van der Waals surface area contributed by atoms with Gasteiger partial charge in [-0.2, -0.15) is 0 Å². The minimum atomic E-state index is -3.09. The van der Waals surface area contributed by atoms with E-state index in [1.807, 2.05) is 0 Å². The smallest absolute Gasteiger partial charge is 0.211 e. The van der Waals surface area contributed by atoms with Crippen LogP contribution in [0.3, 0.4) is 0 Å². The van der Waals surface area contributed by atoms with Gasteiger partial charge in [-0.1, -0.05) is 0 Å². The molecule has 1 rings (SSSR count). The van der Waals surface area contributed by atoms with Crippen molar-refractivity contribution in [1.29, 1.82) is 0 Å². The first-order chi connectivity index (χ1) is 5.43. The molecular formula is C6H15ClN2O3S. The van der Waals surface area contributed by atoms with Crippen LogP contribution in [0.2, 0.25) is 0 Å². The molecule has 0 saturated carbocycles. The fourth-order valence-electron chi connectivity index (χ4n) is 1.23. The standard InChI is InChI=1S/C6H14N2O3S.ClH/c1-12(10,11)8-3-6(2-7,4-8)5-9;/h9H,2-5,7H2,1H3;1H. The molecule has 0 aliphatic carbocycles. The van der Waals surface area contributed by atoms with E-state index in [0.29, 0.717) is 19.6 Å². The van der Waals surface area contributed by atoms with E-state index in [1.54, 1.807) is 0 Å². The molecule has 5 nitrogen and oxygen atoms in total. The molecule has 1 aliphatic heterocycles. The highest BCUT2D eigenvalue weighted by Gasteiger charge is 2.45. The van der Waals surface area contributed by atoms with E-state index >= 15 is 0 Å². The summed E-state index contributed by atoms with van der Waals surface area (Å²) >= 11 is 0. The predicted octanol–water partition coefficient (Wildman–Crippen LogP) is -1.38. The van der Waals surface area contributed by atoms with Gasteiger partial charge in [-0.25, -0.2) is 12.7 Å². The Balaban J connectivity index is 0.00000144. The Morgan fingerprint density at radius 2 is 2.00 bits per heavy atom. The third-order valence-corrected chi connectivity index (χ3v) is 3.46. The third kappa shape index (κ3) is 2.54. The van der Waals surface area contributed by atoms with Gasteiger partial charge < -0.3 is 10.8 Å². The minimum absolute atomic E-state index is 0. The Morgan fingerprint density at radius 1 is 1.54 bits per heavy atom. The number of aliphatic hydroxyl groups excluding tert-OH is 1. The quantitative estimate of drug-likeness (QED) is 0.626. The normalized spacial score (nSPS) is 21.8. The zero-order valence-corrected chi connectivity index (χ0v) is 9.07. The Morgan fingerprint density at radius 3 is 2.23 bits per heavy atom. The van der Waals surface area contributed by atoms with Gasteiger partial charge in [0.05, 0.1) is 12.9 Å². The van der Waals surface area contributed by atoms with Crippen LogP contribution in [0.5, 0.6) is 0 Å². The molecule has 0 bridgehead atoms. The summed E-state index contributed by atoms with van der Waals surface area (Å²) in [6, 6.07) is 0. The number of hydrogen-bond donors (Lipinski definition) is 2. The van der Waals surface area contributed by atoms with Crippen molar-refractivity contribution in [2.45, 2.75) is 0 Å². The molecule has 13 heavy (non-hydrogen) atoms. The van der Waals surface area contributed by atoms with Crippen LogP contribution in [0.25, 0.3) is 0 Å². The second kappa shape index (κ2) is 4.10. The highest BCUT2D eigenvalue weighted by atomic mass is 35.5. The number of sulfonamides is 1. The van der Waals surface area contributed by atoms with Gasteiger partial charge in [0.25, 0.3) is 0 Å². The summed E-state index contributed by atoms with van der Waals surface area (Å²) in [6.45, 7) is 0.975. The number of nitrogens with two attached hydrogens (primary N) is 1. The molecule has 7 heteroatoms. The van der Waals surface area contributed by atoms with Crippen molar-refractivity contribution in [2.24, 2.45) is 11.1 Å². The fourth-order valence-corrected chi connectivity index (χ4v) is 2.25. The number of halogens is 1. The van der Waals surface area contributed by atoms with Crippen LogP contribution < -0.4 is 5.73 Å². The van der Waals surface area contributed by atoms with Crippen molar-refractivity contribution in [1.82, 2.24) is 4.31 Å². The Kier molecular flexibility index (Phi) is 4.14. The van der Waals surface area contributed by atoms with Crippen LogP contribution in [0.1, 0.15) is 0 Å². The van der Waals surface area contributed by atoms with E-state index in [9.17, 15) is 8.42 Å². The summed E-state index contributed by atoms with van der Waals surface area (Å²) in [5.74, 6) is 0. The van der Waals surface area contributed by atoms with Crippen molar-refractivity contribution in [3.8, 4) is 0 Å². The van der Waals surface area contributed by atoms with Gasteiger partial charge >= 0.3 is 0 Å². The zero-order chi connectivity index (χ0) is 9.41. The monoisotopic (exact) mass is 230 g/mol. The molecule has 1 heterocycles. The Labute approximate surface area is 84.4 Å². The Bertz CT molecular complexity index is 255. The van der Waals surface area contributed by atoms with Crippen LogP contribution >= 0.6 is 12.4 Å². The predicted molar refractivity (Wildman–Crippen MR) is 52.2 cm³/mol. The number of hydrogen-bond acceptors (Lipinski definition) is 4. The first kappa shape index (κ1) is 13.1. The zero-order valence-electron chi connectivity index (χ0n) is 7.43. The first-order valence-corrected chi connectivity index (χ1v) is 5.54. The van der Waals surface area contributed by atoms with Gasteiger partial charge in [0.1, 0.15) is 0 Å². The molecule has 80 valence electrons. The number of nitrogens with zero attached hydrogens (tertiary/aromatic N) is 1. The molecule has 0 unspecified atom stereocenters.